The Kier molecular flexibility index (Phi) is 6.79. The predicted octanol–water partition coefficient (Wildman–Crippen LogP) is 3.75. The fourth-order valence-corrected chi connectivity index (χ4v) is 4.14. The van der Waals surface area contributed by atoms with Crippen LogP contribution in [0.4, 0.5) is 14.9 Å². The molecule has 3 aromatic carbocycles. The summed E-state index contributed by atoms with van der Waals surface area (Å²) < 4.78 is 19.9. The number of hydrogen-bond acceptors (Lipinski definition) is 5. The van der Waals surface area contributed by atoms with Gasteiger partial charge in [0.1, 0.15) is 12.4 Å². The second-order valence-corrected chi connectivity index (χ2v) is 8.18. The van der Waals surface area contributed by atoms with Crippen molar-refractivity contribution >= 4 is 23.7 Å². The van der Waals surface area contributed by atoms with E-state index in [2.05, 4.69) is 10.6 Å². The Bertz CT molecular complexity index is 1250. The number of halogens is 1. The summed E-state index contributed by atoms with van der Waals surface area (Å²) in [6.45, 7) is 1.27. The van der Waals surface area contributed by atoms with Crippen LogP contribution in [0.2, 0.25) is 0 Å². The molecule has 1 aliphatic carbocycles. The molecule has 2 amide bonds. The number of nitrogens with one attached hydrogen (secondary N) is 2. The molecule has 0 spiro atoms. The zero-order valence-electron chi connectivity index (χ0n) is 18.7. The third kappa shape index (κ3) is 4.99. The molecule has 9 heteroatoms. The molecule has 0 heterocycles. The monoisotopic (exact) mass is 478 g/mol. The second kappa shape index (κ2) is 9.94. The summed E-state index contributed by atoms with van der Waals surface area (Å²) in [4.78, 5) is 35.8. The Morgan fingerprint density at radius 1 is 1.00 bits per heavy atom. The van der Waals surface area contributed by atoms with E-state index in [4.69, 9.17) is 9.84 Å². The van der Waals surface area contributed by atoms with Crippen molar-refractivity contribution in [3.05, 3.63) is 89.2 Å². The summed E-state index contributed by atoms with van der Waals surface area (Å²) in [6, 6.07) is 17.5. The van der Waals surface area contributed by atoms with Gasteiger partial charge < -0.3 is 20.3 Å². The number of aliphatic hydroxyl groups is 1. The number of carbonyl (C=O) groups excluding carboxylic acids is 2. The van der Waals surface area contributed by atoms with Gasteiger partial charge in [-0.3, -0.25) is 10.1 Å². The second-order valence-electron chi connectivity index (χ2n) is 8.18. The average molecular weight is 478 g/mol. The fourth-order valence-electron chi connectivity index (χ4n) is 4.14. The van der Waals surface area contributed by atoms with E-state index in [0.29, 0.717) is 0 Å². The number of carboxylic acids is 1. The lowest BCUT2D eigenvalue weighted by Crippen LogP contribution is -2.47. The lowest BCUT2D eigenvalue weighted by atomic mass is 9.98. The van der Waals surface area contributed by atoms with E-state index in [1.807, 2.05) is 48.5 Å². The third-order valence-electron chi connectivity index (χ3n) is 5.84. The van der Waals surface area contributed by atoms with E-state index in [1.165, 1.54) is 13.0 Å². The molecule has 0 radical (unpaired) electrons. The van der Waals surface area contributed by atoms with Crippen LogP contribution in [0.15, 0.2) is 66.7 Å². The van der Waals surface area contributed by atoms with Crippen LogP contribution in [0.3, 0.4) is 0 Å². The van der Waals surface area contributed by atoms with Crippen LogP contribution in [-0.2, 0) is 9.53 Å². The summed E-state index contributed by atoms with van der Waals surface area (Å²) in [6.07, 6.45) is -2.17. The van der Waals surface area contributed by atoms with Gasteiger partial charge in [0.25, 0.3) is 5.91 Å². The SMILES string of the molecule is C[C@@H](O)[C@H](NC(=O)c1ccc(NC(=O)OCC2c3ccccc3-c3ccccc32)cc1F)C(=O)O. The van der Waals surface area contributed by atoms with Gasteiger partial charge in [-0.1, -0.05) is 48.5 Å². The smallest absolute Gasteiger partial charge is 0.411 e. The highest BCUT2D eigenvalue weighted by molar-refractivity contribution is 5.97. The van der Waals surface area contributed by atoms with Crippen LogP contribution >= 0.6 is 0 Å². The van der Waals surface area contributed by atoms with E-state index < -0.39 is 41.5 Å². The van der Waals surface area contributed by atoms with Gasteiger partial charge >= 0.3 is 12.1 Å². The van der Waals surface area contributed by atoms with Crippen molar-refractivity contribution in [2.45, 2.75) is 25.0 Å². The van der Waals surface area contributed by atoms with Gasteiger partial charge in [0.2, 0.25) is 0 Å². The highest BCUT2D eigenvalue weighted by atomic mass is 19.1. The van der Waals surface area contributed by atoms with Gasteiger partial charge in [0.05, 0.1) is 11.7 Å². The molecule has 4 N–H and O–H groups in total. The minimum atomic E-state index is -1.60. The number of hydrogen-bond donors (Lipinski definition) is 4. The van der Waals surface area contributed by atoms with E-state index in [-0.39, 0.29) is 18.2 Å². The molecule has 1 aliphatic rings. The van der Waals surface area contributed by atoms with Crippen molar-refractivity contribution in [1.29, 1.82) is 0 Å². The van der Waals surface area contributed by atoms with Crippen LogP contribution in [-0.4, -0.2) is 46.9 Å². The Balaban J connectivity index is 1.40. The molecule has 2 atom stereocenters. The van der Waals surface area contributed by atoms with Gasteiger partial charge in [-0.25, -0.2) is 14.0 Å². The lowest BCUT2D eigenvalue weighted by molar-refractivity contribution is -0.141. The number of fused-ring (bicyclic) bond motifs is 3. The summed E-state index contributed by atoms with van der Waals surface area (Å²) >= 11 is 0. The first-order chi connectivity index (χ1) is 16.8. The van der Waals surface area contributed by atoms with Crippen LogP contribution in [0, 0.1) is 5.82 Å². The zero-order chi connectivity index (χ0) is 25.1. The number of rotatable bonds is 7. The molecule has 180 valence electrons. The van der Waals surface area contributed by atoms with Crippen LogP contribution in [0.5, 0.6) is 0 Å². The Morgan fingerprint density at radius 3 is 2.14 bits per heavy atom. The molecule has 8 nitrogen and oxygen atoms in total. The first-order valence-corrected chi connectivity index (χ1v) is 10.9. The first-order valence-electron chi connectivity index (χ1n) is 10.9. The molecule has 3 aromatic rings. The van der Waals surface area contributed by atoms with Gasteiger partial charge in [0.15, 0.2) is 6.04 Å². The molecular weight excluding hydrogens is 455 g/mol. The number of anilines is 1. The normalized spacial score (nSPS) is 13.8. The maximum Gasteiger partial charge on any atom is 0.411 e. The topological polar surface area (TPSA) is 125 Å². The maximum absolute atomic E-state index is 14.5. The van der Waals surface area contributed by atoms with Crippen LogP contribution < -0.4 is 10.6 Å². The molecule has 0 saturated carbocycles. The van der Waals surface area contributed by atoms with Crippen LogP contribution in [0.25, 0.3) is 11.1 Å². The first kappa shape index (κ1) is 23.9. The minimum absolute atomic E-state index is 0.0570. The van der Waals surface area contributed by atoms with E-state index in [1.54, 1.807) is 0 Å². The number of amides is 2. The molecule has 0 fully saturated rings. The Morgan fingerprint density at radius 2 is 1.60 bits per heavy atom. The van der Waals surface area contributed by atoms with Crippen molar-refractivity contribution in [2.75, 3.05) is 11.9 Å². The number of carboxylic acid groups (broad SMARTS) is 1. The molecule has 0 aliphatic heterocycles. The summed E-state index contributed by atoms with van der Waals surface area (Å²) in [7, 11) is 0. The van der Waals surface area contributed by atoms with Crippen molar-refractivity contribution in [3.8, 4) is 11.1 Å². The summed E-state index contributed by atoms with van der Waals surface area (Å²) in [5, 5.41) is 23.0. The highest BCUT2D eigenvalue weighted by Crippen LogP contribution is 2.44. The molecule has 0 aromatic heterocycles. The quantitative estimate of drug-likeness (QED) is 0.410. The number of aliphatic hydroxyl groups excluding tert-OH is 1. The Hall–Kier alpha value is -4.24. The summed E-state index contributed by atoms with van der Waals surface area (Å²) in [5.41, 5.74) is 3.92. The molecular formula is C26H23FN2O6. The Labute approximate surface area is 200 Å². The van der Waals surface area contributed by atoms with Gasteiger partial charge in [-0.05, 0) is 47.4 Å². The third-order valence-corrected chi connectivity index (χ3v) is 5.84. The predicted molar refractivity (Wildman–Crippen MR) is 126 cm³/mol. The lowest BCUT2D eigenvalue weighted by Gasteiger charge is -2.17. The number of carbonyl (C=O) groups is 3. The van der Waals surface area contributed by atoms with Gasteiger partial charge in [0, 0.05) is 11.6 Å². The maximum atomic E-state index is 14.5. The number of ether oxygens (including phenoxy) is 1. The van der Waals surface area contributed by atoms with Gasteiger partial charge in [-0.2, -0.15) is 0 Å². The average Bonchev–Trinajstić information content (AvgIpc) is 3.14. The number of benzene rings is 3. The minimum Gasteiger partial charge on any atom is -0.480 e. The summed E-state index contributed by atoms with van der Waals surface area (Å²) in [5.74, 6) is -3.58. The standard InChI is InChI=1S/C26H23FN2O6/c1-14(30)23(25(32)33)29-24(31)20-11-10-15(12-22(20)27)28-26(34)35-13-21-18-8-4-2-6-16(18)17-7-3-5-9-19(17)21/h2-12,14,21,23,30H,13H2,1H3,(H,28,34)(H,29,31)(H,32,33)/t14-,23+/m1/s1. The molecule has 0 saturated heterocycles. The zero-order valence-corrected chi connectivity index (χ0v) is 18.7. The van der Waals surface area contributed by atoms with Crippen molar-refractivity contribution in [3.63, 3.8) is 0 Å². The largest absolute Gasteiger partial charge is 0.480 e. The van der Waals surface area contributed by atoms with Crippen molar-refractivity contribution < 1.29 is 33.7 Å². The molecule has 0 unspecified atom stereocenters. The van der Waals surface area contributed by atoms with E-state index in [0.717, 1.165) is 34.4 Å². The molecule has 4 rings (SSSR count). The van der Waals surface area contributed by atoms with E-state index >= 15 is 0 Å². The van der Waals surface area contributed by atoms with Crippen molar-refractivity contribution in [1.82, 2.24) is 5.32 Å². The van der Waals surface area contributed by atoms with Gasteiger partial charge in [-0.15, -0.1) is 0 Å². The van der Waals surface area contributed by atoms with Crippen LogP contribution in [0.1, 0.15) is 34.3 Å². The molecule has 0 bridgehead atoms. The molecule has 35 heavy (non-hydrogen) atoms. The highest BCUT2D eigenvalue weighted by Gasteiger charge is 2.29. The van der Waals surface area contributed by atoms with Crippen molar-refractivity contribution in [2.24, 2.45) is 0 Å². The fraction of sp³-hybridized carbons (Fsp3) is 0.192. The van der Waals surface area contributed by atoms with E-state index in [9.17, 15) is 23.9 Å². The number of aliphatic carboxylic acids is 1.